The second-order valence-electron chi connectivity index (χ2n) is 6.92. The first-order valence-corrected chi connectivity index (χ1v) is 11.7. The fraction of sp³-hybridized carbons (Fsp3) is 0.381. The Kier molecular flexibility index (Phi) is 6.20. The van der Waals surface area contributed by atoms with Crippen molar-refractivity contribution < 1.29 is 9.53 Å². The molecule has 0 fully saturated rings. The minimum atomic E-state index is -0.0726. The molecule has 0 saturated carbocycles. The van der Waals surface area contributed by atoms with E-state index in [-0.39, 0.29) is 11.7 Å². The minimum absolute atomic E-state index is 0.0726. The zero-order valence-corrected chi connectivity index (χ0v) is 18.2. The van der Waals surface area contributed by atoms with Crippen LogP contribution in [0.1, 0.15) is 30.2 Å². The van der Waals surface area contributed by atoms with Crippen LogP contribution in [0.25, 0.3) is 11.4 Å². The van der Waals surface area contributed by atoms with Gasteiger partial charge in [-0.3, -0.25) is 4.79 Å². The van der Waals surface area contributed by atoms with Crippen molar-refractivity contribution in [3.8, 4) is 17.1 Å². The average Bonchev–Trinajstić information content (AvgIpc) is 3.31. The SMILES string of the molecule is CCOc1ccc(NC(=O)CSc2nnc(-c3csc4c3CCCC4)n2C)cc1. The smallest absolute Gasteiger partial charge is 0.234 e. The van der Waals surface area contributed by atoms with Crippen LogP contribution in [0, 0.1) is 0 Å². The number of carbonyl (C=O) groups is 1. The maximum Gasteiger partial charge on any atom is 0.234 e. The summed E-state index contributed by atoms with van der Waals surface area (Å²) in [4.78, 5) is 13.8. The Labute approximate surface area is 178 Å². The number of carbonyl (C=O) groups excluding carboxylic acids is 1. The number of nitrogens with zero attached hydrogens (tertiary/aromatic N) is 3. The number of thiophene rings is 1. The van der Waals surface area contributed by atoms with Crippen LogP contribution in [0.15, 0.2) is 34.8 Å². The highest BCUT2D eigenvalue weighted by Crippen LogP contribution is 2.36. The number of fused-ring (bicyclic) bond motifs is 1. The number of hydrogen-bond acceptors (Lipinski definition) is 6. The highest BCUT2D eigenvalue weighted by molar-refractivity contribution is 7.99. The van der Waals surface area contributed by atoms with Crippen molar-refractivity contribution in [2.24, 2.45) is 7.05 Å². The van der Waals surface area contributed by atoms with E-state index in [0.717, 1.165) is 28.8 Å². The number of aryl methyl sites for hydroxylation is 1. The number of hydrogen-bond donors (Lipinski definition) is 1. The molecule has 0 radical (unpaired) electrons. The van der Waals surface area contributed by atoms with Crippen molar-refractivity contribution >= 4 is 34.7 Å². The Morgan fingerprint density at radius 2 is 2.03 bits per heavy atom. The van der Waals surface area contributed by atoms with Gasteiger partial charge in [-0.05, 0) is 62.4 Å². The van der Waals surface area contributed by atoms with E-state index in [0.29, 0.717) is 6.61 Å². The molecule has 1 aliphatic carbocycles. The van der Waals surface area contributed by atoms with E-state index >= 15 is 0 Å². The van der Waals surface area contributed by atoms with Crippen LogP contribution in [0.5, 0.6) is 5.75 Å². The molecule has 2 aromatic heterocycles. The molecule has 4 rings (SSSR count). The predicted octanol–water partition coefficient (Wildman–Crippen LogP) is 4.55. The van der Waals surface area contributed by atoms with Crippen LogP contribution in [-0.4, -0.2) is 33.0 Å². The minimum Gasteiger partial charge on any atom is -0.494 e. The molecule has 1 amide bonds. The zero-order chi connectivity index (χ0) is 20.2. The van der Waals surface area contributed by atoms with E-state index in [1.807, 2.05) is 54.1 Å². The van der Waals surface area contributed by atoms with Gasteiger partial charge in [0.05, 0.1) is 12.4 Å². The van der Waals surface area contributed by atoms with Crippen molar-refractivity contribution in [2.75, 3.05) is 17.7 Å². The van der Waals surface area contributed by atoms with E-state index < -0.39 is 0 Å². The highest BCUT2D eigenvalue weighted by Gasteiger charge is 2.21. The summed E-state index contributed by atoms with van der Waals surface area (Å²) in [6.45, 7) is 2.56. The Balaban J connectivity index is 1.38. The van der Waals surface area contributed by atoms with E-state index in [1.165, 1.54) is 47.0 Å². The van der Waals surface area contributed by atoms with Gasteiger partial charge in [0.15, 0.2) is 11.0 Å². The molecule has 29 heavy (non-hydrogen) atoms. The van der Waals surface area contributed by atoms with E-state index in [2.05, 4.69) is 20.9 Å². The molecule has 0 atom stereocenters. The van der Waals surface area contributed by atoms with Gasteiger partial charge in [-0.1, -0.05) is 11.8 Å². The number of nitrogens with one attached hydrogen (secondary N) is 1. The third-order valence-electron chi connectivity index (χ3n) is 4.92. The number of thioether (sulfide) groups is 1. The molecule has 0 unspecified atom stereocenters. The lowest BCUT2D eigenvalue weighted by Crippen LogP contribution is -2.14. The summed E-state index contributed by atoms with van der Waals surface area (Å²) in [7, 11) is 1.97. The number of benzene rings is 1. The standard InChI is InChI=1S/C21H24N4O2S2/c1-3-27-15-10-8-14(9-11-15)22-19(26)13-29-21-24-23-20(25(21)2)17-12-28-18-7-5-4-6-16(17)18/h8-12H,3-7,13H2,1-2H3,(H,22,26). The molecule has 152 valence electrons. The molecule has 6 nitrogen and oxygen atoms in total. The molecular formula is C21H24N4O2S2. The normalized spacial score (nSPS) is 13.2. The maximum atomic E-state index is 12.3. The molecule has 8 heteroatoms. The van der Waals surface area contributed by atoms with Gasteiger partial charge < -0.3 is 14.6 Å². The van der Waals surface area contributed by atoms with Crippen LogP contribution >= 0.6 is 23.1 Å². The molecule has 1 aliphatic rings. The van der Waals surface area contributed by atoms with Crippen molar-refractivity contribution in [1.82, 2.24) is 14.8 Å². The molecule has 0 bridgehead atoms. The second kappa shape index (κ2) is 9.00. The topological polar surface area (TPSA) is 69.0 Å². The Bertz CT molecular complexity index is 995. The fourth-order valence-corrected chi connectivity index (χ4v) is 5.32. The van der Waals surface area contributed by atoms with Gasteiger partial charge in [0, 0.05) is 28.6 Å². The number of anilines is 1. The van der Waals surface area contributed by atoms with Gasteiger partial charge in [-0.25, -0.2) is 0 Å². The summed E-state index contributed by atoms with van der Waals surface area (Å²) in [5, 5.41) is 14.6. The molecule has 0 aliphatic heterocycles. The van der Waals surface area contributed by atoms with Crippen molar-refractivity contribution in [1.29, 1.82) is 0 Å². The molecule has 0 spiro atoms. The average molecular weight is 429 g/mol. The summed E-state index contributed by atoms with van der Waals surface area (Å²) < 4.78 is 7.41. The maximum absolute atomic E-state index is 12.3. The van der Waals surface area contributed by atoms with E-state index in [1.54, 1.807) is 0 Å². The largest absolute Gasteiger partial charge is 0.494 e. The van der Waals surface area contributed by atoms with Gasteiger partial charge in [-0.15, -0.1) is 21.5 Å². The van der Waals surface area contributed by atoms with E-state index in [9.17, 15) is 4.79 Å². The highest BCUT2D eigenvalue weighted by atomic mass is 32.2. The van der Waals surface area contributed by atoms with Gasteiger partial charge in [0.25, 0.3) is 0 Å². The summed E-state index contributed by atoms with van der Waals surface area (Å²) >= 11 is 3.22. The fourth-order valence-electron chi connectivity index (χ4n) is 3.48. The summed E-state index contributed by atoms with van der Waals surface area (Å²) in [5.41, 5.74) is 3.38. The van der Waals surface area contributed by atoms with Crippen LogP contribution < -0.4 is 10.1 Å². The Hall–Kier alpha value is -2.32. The van der Waals surface area contributed by atoms with Crippen molar-refractivity contribution in [3.05, 3.63) is 40.1 Å². The summed E-state index contributed by atoms with van der Waals surface area (Å²) in [6, 6.07) is 7.38. The first-order chi connectivity index (χ1) is 14.2. The first kappa shape index (κ1) is 20.0. The second-order valence-corrected chi connectivity index (χ2v) is 8.82. The lowest BCUT2D eigenvalue weighted by Gasteiger charge is -2.12. The molecule has 2 heterocycles. The van der Waals surface area contributed by atoms with E-state index in [4.69, 9.17) is 4.74 Å². The van der Waals surface area contributed by atoms with Crippen molar-refractivity contribution in [3.63, 3.8) is 0 Å². The van der Waals surface area contributed by atoms with Gasteiger partial charge >= 0.3 is 0 Å². The molecular weight excluding hydrogens is 404 g/mol. The Morgan fingerprint density at radius 3 is 2.83 bits per heavy atom. The number of rotatable bonds is 7. The number of amides is 1. The zero-order valence-electron chi connectivity index (χ0n) is 16.6. The third-order valence-corrected chi connectivity index (χ3v) is 7.03. The monoisotopic (exact) mass is 428 g/mol. The van der Waals surface area contributed by atoms with Crippen LogP contribution in [-0.2, 0) is 24.7 Å². The number of ether oxygens (including phenoxy) is 1. The third kappa shape index (κ3) is 4.48. The molecule has 3 aromatic rings. The van der Waals surface area contributed by atoms with Gasteiger partial charge in [-0.2, -0.15) is 0 Å². The predicted molar refractivity (Wildman–Crippen MR) is 118 cm³/mol. The summed E-state index contributed by atoms with van der Waals surface area (Å²) in [6.07, 6.45) is 4.80. The molecule has 0 saturated heterocycles. The van der Waals surface area contributed by atoms with Crippen LogP contribution in [0.2, 0.25) is 0 Å². The first-order valence-electron chi connectivity index (χ1n) is 9.80. The van der Waals surface area contributed by atoms with Crippen LogP contribution in [0.3, 0.4) is 0 Å². The quantitative estimate of drug-likeness (QED) is 0.559. The molecule has 1 aromatic carbocycles. The summed E-state index contributed by atoms with van der Waals surface area (Å²) in [5.74, 6) is 1.89. The molecule has 1 N–H and O–H groups in total. The lowest BCUT2D eigenvalue weighted by atomic mass is 9.96. The van der Waals surface area contributed by atoms with Gasteiger partial charge in [0.1, 0.15) is 5.75 Å². The van der Waals surface area contributed by atoms with Crippen LogP contribution in [0.4, 0.5) is 5.69 Å². The van der Waals surface area contributed by atoms with Crippen molar-refractivity contribution in [2.45, 2.75) is 37.8 Å². The lowest BCUT2D eigenvalue weighted by molar-refractivity contribution is -0.113. The van der Waals surface area contributed by atoms with Gasteiger partial charge in [0.2, 0.25) is 5.91 Å². The number of aromatic nitrogens is 3. The Morgan fingerprint density at radius 1 is 1.24 bits per heavy atom.